The van der Waals surface area contributed by atoms with Crippen LogP contribution in [0, 0.1) is 0 Å². The van der Waals surface area contributed by atoms with Crippen LogP contribution in [0.3, 0.4) is 0 Å². The highest BCUT2D eigenvalue weighted by Crippen LogP contribution is 2.45. The zero-order chi connectivity index (χ0) is 21.5. The Labute approximate surface area is 190 Å². The minimum absolute atomic E-state index is 0.221. The number of aromatic amines is 1. The van der Waals surface area contributed by atoms with E-state index in [9.17, 15) is 0 Å². The summed E-state index contributed by atoms with van der Waals surface area (Å²) in [6.45, 7) is 12.2. The fourth-order valence-electron chi connectivity index (χ4n) is 6.15. The normalized spacial score (nSPS) is 27.0. The third-order valence-electron chi connectivity index (χ3n) is 8.01. The number of piperazine rings is 1. The van der Waals surface area contributed by atoms with Gasteiger partial charge in [-0.25, -0.2) is 0 Å². The summed E-state index contributed by atoms with van der Waals surface area (Å²) in [5, 5.41) is 1.39. The van der Waals surface area contributed by atoms with E-state index in [1.165, 1.54) is 40.7 Å². The van der Waals surface area contributed by atoms with Gasteiger partial charge in [-0.3, -0.25) is 14.7 Å². The molecule has 0 bridgehead atoms. The van der Waals surface area contributed by atoms with Crippen molar-refractivity contribution in [3.63, 3.8) is 0 Å². The van der Waals surface area contributed by atoms with Gasteiger partial charge in [0.15, 0.2) is 0 Å². The lowest BCUT2D eigenvalue weighted by molar-refractivity contribution is -0.145. The molecule has 0 radical (unpaired) electrons. The molecule has 3 aromatic rings. The molecule has 1 N–H and O–H groups in total. The Morgan fingerprint density at radius 3 is 2.59 bits per heavy atom. The van der Waals surface area contributed by atoms with Gasteiger partial charge in [-0.15, -0.1) is 0 Å². The summed E-state index contributed by atoms with van der Waals surface area (Å²) in [5.41, 5.74) is 5.25. The van der Waals surface area contributed by atoms with Crippen LogP contribution in [0.2, 0.25) is 0 Å². The van der Waals surface area contributed by atoms with Gasteiger partial charge in [-0.1, -0.05) is 42.5 Å². The Morgan fingerprint density at radius 1 is 0.938 bits per heavy atom. The van der Waals surface area contributed by atoms with E-state index in [0.717, 1.165) is 52.3 Å². The van der Waals surface area contributed by atoms with Crippen LogP contribution in [-0.4, -0.2) is 78.1 Å². The maximum absolute atomic E-state index is 6.50. The highest BCUT2D eigenvalue weighted by molar-refractivity contribution is 5.88. The first kappa shape index (κ1) is 20.4. The lowest BCUT2D eigenvalue weighted by Crippen LogP contribution is -2.60. The summed E-state index contributed by atoms with van der Waals surface area (Å²) in [6.07, 6.45) is 3.28. The SMILES string of the molecule is C[C@]12OCCN(CCN3CCN(Cc4ccccc4)CC3)[C@@H]1Cc1c[nH]c3cccc2c13. The summed E-state index contributed by atoms with van der Waals surface area (Å²) in [7, 11) is 0. The van der Waals surface area contributed by atoms with Crippen molar-refractivity contribution in [1.82, 2.24) is 19.7 Å². The molecule has 1 aromatic heterocycles. The zero-order valence-electron chi connectivity index (χ0n) is 19.1. The molecule has 6 rings (SSSR count). The second-order valence-corrected chi connectivity index (χ2v) is 9.86. The molecule has 0 amide bonds. The Bertz CT molecular complexity index is 1070. The summed E-state index contributed by atoms with van der Waals surface area (Å²) in [6, 6.07) is 17.9. The van der Waals surface area contributed by atoms with Crippen LogP contribution in [0.4, 0.5) is 0 Å². The first-order valence-corrected chi connectivity index (χ1v) is 12.2. The van der Waals surface area contributed by atoms with Gasteiger partial charge in [-0.05, 0) is 36.1 Å². The lowest BCUT2D eigenvalue weighted by atomic mass is 9.76. The Kier molecular flexibility index (Phi) is 5.30. The van der Waals surface area contributed by atoms with Gasteiger partial charge in [0.1, 0.15) is 5.60 Å². The third-order valence-corrected chi connectivity index (χ3v) is 8.01. The lowest BCUT2D eigenvalue weighted by Gasteiger charge is -2.51. The number of ether oxygens (including phenoxy) is 1. The maximum atomic E-state index is 6.50. The number of nitrogens with zero attached hydrogens (tertiary/aromatic N) is 3. The van der Waals surface area contributed by atoms with E-state index in [-0.39, 0.29) is 5.60 Å². The van der Waals surface area contributed by atoms with E-state index in [0.29, 0.717) is 6.04 Å². The summed E-state index contributed by atoms with van der Waals surface area (Å²) in [5.74, 6) is 0. The van der Waals surface area contributed by atoms with Crippen molar-refractivity contribution in [1.29, 1.82) is 0 Å². The molecule has 32 heavy (non-hydrogen) atoms. The molecule has 0 saturated carbocycles. The third kappa shape index (κ3) is 3.57. The number of hydrogen-bond acceptors (Lipinski definition) is 4. The maximum Gasteiger partial charge on any atom is 0.107 e. The van der Waals surface area contributed by atoms with Gasteiger partial charge < -0.3 is 9.72 Å². The van der Waals surface area contributed by atoms with E-state index in [2.05, 4.69) is 81.3 Å². The monoisotopic (exact) mass is 430 g/mol. The number of H-pyrrole nitrogens is 1. The topological polar surface area (TPSA) is 34.7 Å². The van der Waals surface area contributed by atoms with E-state index in [1.807, 2.05) is 0 Å². The number of nitrogens with one attached hydrogen (secondary N) is 1. The molecule has 3 heterocycles. The molecule has 0 unspecified atom stereocenters. The number of hydrogen-bond donors (Lipinski definition) is 1. The van der Waals surface area contributed by atoms with Crippen molar-refractivity contribution in [3.05, 3.63) is 71.4 Å². The van der Waals surface area contributed by atoms with Crippen molar-refractivity contribution in [2.24, 2.45) is 0 Å². The fourth-order valence-corrected chi connectivity index (χ4v) is 6.15. The molecule has 2 aromatic carbocycles. The van der Waals surface area contributed by atoms with E-state index in [4.69, 9.17) is 4.74 Å². The highest BCUT2D eigenvalue weighted by atomic mass is 16.5. The predicted molar refractivity (Wildman–Crippen MR) is 129 cm³/mol. The smallest absolute Gasteiger partial charge is 0.107 e. The van der Waals surface area contributed by atoms with Gasteiger partial charge in [-0.2, -0.15) is 0 Å². The predicted octanol–water partition coefficient (Wildman–Crippen LogP) is 3.46. The molecule has 5 nitrogen and oxygen atoms in total. The molecule has 2 saturated heterocycles. The largest absolute Gasteiger partial charge is 0.368 e. The molecular weight excluding hydrogens is 396 g/mol. The van der Waals surface area contributed by atoms with Gasteiger partial charge in [0.2, 0.25) is 0 Å². The number of fused-ring (bicyclic) bond motifs is 2. The zero-order valence-corrected chi connectivity index (χ0v) is 19.1. The fraction of sp³-hybridized carbons (Fsp3) is 0.481. The van der Waals surface area contributed by atoms with Crippen LogP contribution in [0.25, 0.3) is 10.9 Å². The summed E-state index contributed by atoms with van der Waals surface area (Å²) in [4.78, 5) is 11.4. The molecule has 2 atom stereocenters. The number of aromatic nitrogens is 1. The van der Waals surface area contributed by atoms with Crippen LogP contribution < -0.4 is 0 Å². The minimum atomic E-state index is -0.221. The van der Waals surface area contributed by atoms with Crippen molar-refractivity contribution < 1.29 is 4.74 Å². The van der Waals surface area contributed by atoms with Crippen molar-refractivity contribution >= 4 is 10.9 Å². The average Bonchev–Trinajstić information content (AvgIpc) is 3.24. The van der Waals surface area contributed by atoms with Crippen molar-refractivity contribution in [3.8, 4) is 0 Å². The van der Waals surface area contributed by atoms with Crippen LogP contribution in [0.5, 0.6) is 0 Å². The van der Waals surface area contributed by atoms with Gasteiger partial charge in [0.05, 0.1) is 6.61 Å². The standard InChI is InChI=1S/C27H34N4O/c1-27-23-8-5-9-24-26(23)22(19-28-24)18-25(27)31(16-17-32-27)15-14-29-10-12-30(13-11-29)20-21-6-3-2-4-7-21/h2-9,19,25,28H,10-18,20H2,1H3/t25-,27-/m1/s1. The first-order chi connectivity index (χ1) is 15.7. The van der Waals surface area contributed by atoms with E-state index >= 15 is 0 Å². The molecule has 3 aliphatic rings. The summed E-state index contributed by atoms with van der Waals surface area (Å²) < 4.78 is 6.50. The highest BCUT2D eigenvalue weighted by Gasteiger charge is 2.47. The molecule has 2 aliphatic heterocycles. The average molecular weight is 431 g/mol. The molecule has 5 heteroatoms. The summed E-state index contributed by atoms with van der Waals surface area (Å²) >= 11 is 0. The van der Waals surface area contributed by atoms with Crippen LogP contribution >= 0.6 is 0 Å². The Hall–Kier alpha value is -2.18. The number of morpholine rings is 1. The molecule has 1 aliphatic carbocycles. The van der Waals surface area contributed by atoms with Crippen LogP contribution in [0.1, 0.15) is 23.6 Å². The van der Waals surface area contributed by atoms with Crippen LogP contribution in [0.15, 0.2) is 54.7 Å². The molecule has 0 spiro atoms. The second kappa shape index (κ2) is 8.31. The van der Waals surface area contributed by atoms with Gasteiger partial charge in [0, 0.05) is 75.5 Å². The van der Waals surface area contributed by atoms with E-state index < -0.39 is 0 Å². The minimum Gasteiger partial charge on any atom is -0.368 e. The Balaban J connectivity index is 1.09. The van der Waals surface area contributed by atoms with Gasteiger partial charge >= 0.3 is 0 Å². The first-order valence-electron chi connectivity index (χ1n) is 12.2. The molecule has 2 fully saturated rings. The number of rotatable bonds is 5. The second-order valence-electron chi connectivity index (χ2n) is 9.86. The van der Waals surface area contributed by atoms with Gasteiger partial charge in [0.25, 0.3) is 0 Å². The van der Waals surface area contributed by atoms with Crippen LogP contribution in [-0.2, 0) is 23.3 Å². The molecular formula is C27H34N4O. The molecule has 168 valence electrons. The van der Waals surface area contributed by atoms with E-state index in [1.54, 1.807) is 0 Å². The quantitative estimate of drug-likeness (QED) is 0.672. The van der Waals surface area contributed by atoms with Crippen molar-refractivity contribution in [2.45, 2.75) is 31.5 Å². The number of benzene rings is 2. The van der Waals surface area contributed by atoms with Crippen molar-refractivity contribution in [2.75, 3.05) is 52.4 Å². The Morgan fingerprint density at radius 2 is 1.75 bits per heavy atom.